The molecule has 0 bridgehead atoms. The maximum absolute atomic E-state index is 12.4. The predicted molar refractivity (Wildman–Crippen MR) is 88.1 cm³/mol. The number of hydrogen-bond acceptors (Lipinski definition) is 5. The molecule has 1 aromatic carbocycles. The number of pyridine rings is 1. The van der Waals surface area contributed by atoms with Crippen LogP contribution in [0, 0.1) is 6.92 Å². The summed E-state index contributed by atoms with van der Waals surface area (Å²) in [6, 6.07) is 8.32. The third-order valence-corrected chi connectivity index (χ3v) is 4.35. The van der Waals surface area contributed by atoms with Crippen LogP contribution in [0.25, 0.3) is 0 Å². The second-order valence-electron chi connectivity index (χ2n) is 5.17. The van der Waals surface area contributed by atoms with Crippen molar-refractivity contribution >= 4 is 27.4 Å². The molecule has 0 saturated carbocycles. The fourth-order valence-electron chi connectivity index (χ4n) is 1.84. The lowest BCUT2D eigenvalue weighted by atomic mass is 10.2. The van der Waals surface area contributed by atoms with Crippen molar-refractivity contribution in [3.63, 3.8) is 0 Å². The predicted octanol–water partition coefficient (Wildman–Crippen LogP) is 2.09. The van der Waals surface area contributed by atoms with Gasteiger partial charge in [0.05, 0.1) is 5.69 Å². The van der Waals surface area contributed by atoms with Gasteiger partial charge < -0.3 is 10.2 Å². The third kappa shape index (κ3) is 4.19. The van der Waals surface area contributed by atoms with Gasteiger partial charge in [-0.05, 0) is 30.7 Å². The monoisotopic (exact) mass is 334 g/mol. The average molecular weight is 334 g/mol. The number of nitrogens with zero attached hydrogens (tertiary/aromatic N) is 2. The van der Waals surface area contributed by atoms with E-state index in [1.807, 2.05) is 35.9 Å². The Balaban J connectivity index is 2.35. The Hall–Kier alpha value is -2.61. The lowest BCUT2D eigenvalue weighted by Crippen LogP contribution is -2.38. The van der Waals surface area contributed by atoms with Crippen molar-refractivity contribution in [2.45, 2.75) is 11.8 Å². The number of aromatic nitrogens is 1. The van der Waals surface area contributed by atoms with Gasteiger partial charge in [0.15, 0.2) is 0 Å². The molecule has 0 atom stereocenters. The third-order valence-electron chi connectivity index (χ3n) is 3.00. The number of urea groups is 1. The molecule has 1 aromatic heterocycles. The molecule has 0 aliphatic carbocycles. The Morgan fingerprint density at radius 2 is 1.96 bits per heavy atom. The molecule has 0 spiro atoms. The number of benzene rings is 1. The first-order chi connectivity index (χ1) is 10.8. The van der Waals surface area contributed by atoms with Crippen molar-refractivity contribution in [1.29, 1.82) is 0 Å². The van der Waals surface area contributed by atoms with E-state index < -0.39 is 16.1 Å². The summed E-state index contributed by atoms with van der Waals surface area (Å²) in [6.07, 6.45) is 2.67. The van der Waals surface area contributed by atoms with E-state index in [-0.39, 0.29) is 4.90 Å². The number of rotatable bonds is 4. The number of hydrogen-bond donors (Lipinski definition) is 2. The van der Waals surface area contributed by atoms with Crippen LogP contribution in [0.4, 0.5) is 16.2 Å². The van der Waals surface area contributed by atoms with Crippen LogP contribution in [0.3, 0.4) is 0 Å². The first kappa shape index (κ1) is 16.8. The summed E-state index contributed by atoms with van der Waals surface area (Å²) in [5.74, 6) is 0. The topological polar surface area (TPSA) is 91.4 Å². The Morgan fingerprint density at radius 3 is 2.61 bits per heavy atom. The molecule has 0 saturated heterocycles. The number of carbonyl (C=O) groups is 1. The Kier molecular flexibility index (Phi) is 4.85. The van der Waals surface area contributed by atoms with Crippen molar-refractivity contribution in [3.05, 3.63) is 48.3 Å². The summed E-state index contributed by atoms with van der Waals surface area (Å²) in [5.41, 5.74) is 2.12. The molecule has 0 aliphatic heterocycles. The quantitative estimate of drug-likeness (QED) is 0.893. The van der Waals surface area contributed by atoms with E-state index >= 15 is 0 Å². The van der Waals surface area contributed by atoms with Crippen LogP contribution in [-0.2, 0) is 10.0 Å². The van der Waals surface area contributed by atoms with Gasteiger partial charge in [-0.2, -0.15) is 0 Å². The van der Waals surface area contributed by atoms with Gasteiger partial charge in [0.1, 0.15) is 4.90 Å². The molecule has 0 fully saturated rings. The summed E-state index contributed by atoms with van der Waals surface area (Å²) < 4.78 is 26.8. The lowest BCUT2D eigenvalue weighted by molar-refractivity contribution is 0.223. The number of carbonyl (C=O) groups excluding carboxylic acids is 1. The highest BCUT2D eigenvalue weighted by Crippen LogP contribution is 2.24. The van der Waals surface area contributed by atoms with Gasteiger partial charge >= 0.3 is 6.03 Å². The van der Waals surface area contributed by atoms with Gasteiger partial charge in [-0.25, -0.2) is 17.9 Å². The number of aryl methyl sites for hydroxylation is 1. The van der Waals surface area contributed by atoms with Crippen molar-refractivity contribution in [3.8, 4) is 0 Å². The Morgan fingerprint density at radius 1 is 1.22 bits per heavy atom. The molecule has 0 unspecified atom stereocenters. The molecule has 7 nitrogen and oxygen atoms in total. The van der Waals surface area contributed by atoms with E-state index in [4.69, 9.17) is 0 Å². The minimum absolute atomic E-state index is 0.100. The van der Waals surface area contributed by atoms with Gasteiger partial charge in [0.25, 0.3) is 10.0 Å². The van der Waals surface area contributed by atoms with Gasteiger partial charge in [0, 0.05) is 32.2 Å². The Labute approximate surface area is 135 Å². The highest BCUT2D eigenvalue weighted by atomic mass is 32.2. The van der Waals surface area contributed by atoms with E-state index in [0.717, 1.165) is 16.2 Å². The summed E-state index contributed by atoms with van der Waals surface area (Å²) in [5, 5.41) is 3.04. The van der Waals surface area contributed by atoms with Crippen molar-refractivity contribution in [2.75, 3.05) is 19.4 Å². The maximum Gasteiger partial charge on any atom is 0.330 e. The molecule has 0 radical (unpaired) electrons. The fourth-order valence-corrected chi connectivity index (χ4v) is 2.97. The molecule has 122 valence electrons. The zero-order chi connectivity index (χ0) is 17.0. The van der Waals surface area contributed by atoms with Crippen LogP contribution in [0.2, 0.25) is 0 Å². The first-order valence-corrected chi connectivity index (χ1v) is 8.30. The van der Waals surface area contributed by atoms with Crippen LogP contribution < -0.4 is 10.0 Å². The molecule has 2 aromatic rings. The molecule has 2 rings (SSSR count). The lowest BCUT2D eigenvalue weighted by Gasteiger charge is -2.15. The standard InChI is InChI=1S/C15H18N4O3S/c1-11-5-4-6-12(9-11)17-13-7-8-16-10-14(13)23(21,22)18-15(20)19(2)3/h4-10H,1-3H3,(H,16,17)(H,18,20). The molecule has 2 amide bonds. The molecule has 1 heterocycles. The minimum Gasteiger partial charge on any atom is -0.354 e. The second-order valence-corrected chi connectivity index (χ2v) is 6.82. The molecule has 0 aliphatic rings. The van der Waals surface area contributed by atoms with Crippen molar-refractivity contribution in [2.24, 2.45) is 0 Å². The molecular formula is C15H18N4O3S. The number of amides is 2. The van der Waals surface area contributed by atoms with Gasteiger partial charge in [-0.3, -0.25) is 4.98 Å². The van der Waals surface area contributed by atoms with Crippen molar-refractivity contribution < 1.29 is 13.2 Å². The van der Waals surface area contributed by atoms with E-state index in [9.17, 15) is 13.2 Å². The molecule has 23 heavy (non-hydrogen) atoms. The van der Waals surface area contributed by atoms with E-state index in [0.29, 0.717) is 5.69 Å². The normalized spacial score (nSPS) is 10.9. The minimum atomic E-state index is -4.03. The van der Waals surface area contributed by atoms with E-state index in [2.05, 4.69) is 10.3 Å². The smallest absolute Gasteiger partial charge is 0.330 e. The van der Waals surface area contributed by atoms with Crippen LogP contribution >= 0.6 is 0 Å². The van der Waals surface area contributed by atoms with Crippen LogP contribution in [-0.4, -0.2) is 38.4 Å². The summed E-state index contributed by atoms with van der Waals surface area (Å²) >= 11 is 0. The first-order valence-electron chi connectivity index (χ1n) is 6.81. The number of sulfonamides is 1. The van der Waals surface area contributed by atoms with E-state index in [1.54, 1.807) is 0 Å². The average Bonchev–Trinajstić information content (AvgIpc) is 2.47. The van der Waals surface area contributed by atoms with Crippen LogP contribution in [0.15, 0.2) is 47.6 Å². The summed E-state index contributed by atoms with van der Waals surface area (Å²) in [7, 11) is -1.11. The highest BCUT2D eigenvalue weighted by Gasteiger charge is 2.22. The van der Waals surface area contributed by atoms with Crippen LogP contribution in [0.5, 0.6) is 0 Å². The Bertz CT molecular complexity index is 819. The molecular weight excluding hydrogens is 316 g/mol. The zero-order valence-corrected chi connectivity index (χ0v) is 13.9. The van der Waals surface area contributed by atoms with Gasteiger partial charge in [0.2, 0.25) is 0 Å². The van der Waals surface area contributed by atoms with E-state index in [1.165, 1.54) is 32.6 Å². The summed E-state index contributed by atoms with van der Waals surface area (Å²) in [4.78, 5) is 16.5. The zero-order valence-electron chi connectivity index (χ0n) is 13.1. The summed E-state index contributed by atoms with van der Waals surface area (Å²) in [6.45, 7) is 1.94. The number of nitrogens with one attached hydrogen (secondary N) is 2. The molecule has 8 heteroatoms. The van der Waals surface area contributed by atoms with Crippen LogP contribution in [0.1, 0.15) is 5.56 Å². The highest BCUT2D eigenvalue weighted by molar-refractivity contribution is 7.90. The fraction of sp³-hybridized carbons (Fsp3) is 0.200. The molecule has 2 N–H and O–H groups in total. The SMILES string of the molecule is Cc1cccc(Nc2ccncc2S(=O)(=O)NC(=O)N(C)C)c1. The second kappa shape index (κ2) is 6.66. The van der Waals surface area contributed by atoms with Gasteiger partial charge in [-0.1, -0.05) is 12.1 Å². The van der Waals surface area contributed by atoms with Gasteiger partial charge in [-0.15, -0.1) is 0 Å². The maximum atomic E-state index is 12.4. The number of anilines is 2. The largest absolute Gasteiger partial charge is 0.354 e. The van der Waals surface area contributed by atoms with Crippen molar-refractivity contribution in [1.82, 2.24) is 14.6 Å².